The van der Waals surface area contributed by atoms with E-state index in [1.807, 2.05) is 0 Å². The number of methoxy groups -OCH3 is 1. The van der Waals surface area contributed by atoms with Gasteiger partial charge in [-0.05, 0) is 36.5 Å². The molecule has 9 nitrogen and oxygen atoms in total. The van der Waals surface area contributed by atoms with Crippen LogP contribution in [0.5, 0.6) is 5.75 Å². The van der Waals surface area contributed by atoms with Crippen LogP contribution in [0, 0.1) is 10.1 Å². The number of ether oxygens (including phenoxy) is 1. The molecule has 0 radical (unpaired) electrons. The lowest BCUT2D eigenvalue weighted by atomic mass is 10.2. The number of nitrogens with zero attached hydrogens (tertiary/aromatic N) is 1. The lowest BCUT2D eigenvalue weighted by Crippen LogP contribution is -2.56. The first kappa shape index (κ1) is 22.0. The van der Waals surface area contributed by atoms with Crippen LogP contribution in [0.15, 0.2) is 41.0 Å². The molecule has 0 aliphatic carbocycles. The number of furan rings is 1. The maximum Gasteiger partial charge on any atom is 0.296 e. The van der Waals surface area contributed by atoms with Crippen molar-refractivity contribution in [3.8, 4) is 5.75 Å². The highest BCUT2D eigenvalue weighted by atomic mass is 35.6. The number of rotatable bonds is 6. The second-order valence-electron chi connectivity index (χ2n) is 5.16. The molecule has 1 aromatic carbocycles. The summed E-state index contributed by atoms with van der Waals surface area (Å²) in [4.78, 5) is 22.8. The van der Waals surface area contributed by atoms with E-state index in [0.29, 0.717) is 5.75 Å². The molecular weight excluding hydrogens is 455 g/mol. The summed E-state index contributed by atoms with van der Waals surface area (Å²) in [5.74, 6) is -0.376. The van der Waals surface area contributed by atoms with Crippen molar-refractivity contribution in [2.75, 3.05) is 12.4 Å². The highest BCUT2D eigenvalue weighted by molar-refractivity contribution is 7.80. The molecule has 1 atom stereocenters. The summed E-state index contributed by atoms with van der Waals surface area (Å²) in [5, 5.41) is 18.7. The van der Waals surface area contributed by atoms with Gasteiger partial charge in [-0.2, -0.15) is 0 Å². The third-order valence-corrected chi connectivity index (χ3v) is 4.15. The van der Waals surface area contributed by atoms with Gasteiger partial charge in [0.25, 0.3) is 11.6 Å². The van der Waals surface area contributed by atoms with E-state index in [0.717, 1.165) is 0 Å². The zero-order chi connectivity index (χ0) is 20.9. The van der Waals surface area contributed by atoms with Crippen molar-refractivity contribution in [3.05, 3.63) is 52.5 Å². The Morgan fingerprint density at radius 2 is 2.04 bits per heavy atom. The highest BCUT2D eigenvalue weighted by Crippen LogP contribution is 2.31. The van der Waals surface area contributed by atoms with E-state index >= 15 is 0 Å². The number of nitro benzene ring substituents is 1. The highest BCUT2D eigenvalue weighted by Gasteiger charge is 2.35. The van der Waals surface area contributed by atoms with Crippen molar-refractivity contribution in [2.24, 2.45) is 0 Å². The first-order valence-electron chi connectivity index (χ1n) is 7.43. The Bertz CT molecular complexity index is 873. The van der Waals surface area contributed by atoms with Crippen LogP contribution in [0.3, 0.4) is 0 Å². The Morgan fingerprint density at radius 1 is 1.32 bits per heavy atom. The van der Waals surface area contributed by atoms with Crippen LogP contribution in [0.1, 0.15) is 10.6 Å². The lowest BCUT2D eigenvalue weighted by molar-refractivity contribution is -0.384. The first-order chi connectivity index (χ1) is 13.1. The molecule has 1 unspecified atom stereocenters. The lowest BCUT2D eigenvalue weighted by Gasteiger charge is -2.27. The van der Waals surface area contributed by atoms with Gasteiger partial charge >= 0.3 is 0 Å². The Balaban J connectivity index is 2.14. The van der Waals surface area contributed by atoms with Gasteiger partial charge in [-0.25, -0.2) is 0 Å². The summed E-state index contributed by atoms with van der Waals surface area (Å²) in [5.41, 5.74) is -0.211. The molecule has 0 aliphatic rings. The van der Waals surface area contributed by atoms with Crippen LogP contribution >= 0.6 is 47.0 Å². The molecule has 0 saturated carbocycles. The van der Waals surface area contributed by atoms with E-state index in [1.165, 1.54) is 43.7 Å². The van der Waals surface area contributed by atoms with Gasteiger partial charge in [-0.1, -0.05) is 34.8 Å². The second kappa shape index (κ2) is 9.28. The number of hydrogen-bond acceptors (Lipinski definition) is 6. The minimum absolute atomic E-state index is 0.00859. The number of carbonyl (C=O) groups is 1. The van der Waals surface area contributed by atoms with E-state index in [-0.39, 0.29) is 22.2 Å². The topological polar surface area (TPSA) is 119 Å². The zero-order valence-corrected chi connectivity index (χ0v) is 17.2. The SMILES string of the molecule is COc1ccc(NC(=S)NC(NC(=O)c2ccco2)C(Cl)(Cl)Cl)c([N+](=O)[O-])c1. The number of anilines is 1. The van der Waals surface area contributed by atoms with Crippen LogP contribution in [-0.4, -0.2) is 33.0 Å². The Labute approximate surface area is 179 Å². The molecular formula is C15H13Cl3N4O5S. The number of thiocarbonyl (C=S) groups is 1. The molecule has 0 bridgehead atoms. The molecule has 2 aromatic rings. The van der Waals surface area contributed by atoms with Gasteiger partial charge in [0.1, 0.15) is 17.6 Å². The molecule has 0 fully saturated rings. The van der Waals surface area contributed by atoms with Crippen LogP contribution < -0.4 is 20.7 Å². The van der Waals surface area contributed by atoms with E-state index in [9.17, 15) is 14.9 Å². The number of alkyl halides is 3. The molecule has 150 valence electrons. The fourth-order valence-corrected chi connectivity index (χ4v) is 2.55. The van der Waals surface area contributed by atoms with E-state index < -0.39 is 20.8 Å². The predicted octanol–water partition coefficient (Wildman–Crippen LogP) is 3.61. The molecule has 0 aliphatic heterocycles. The maximum atomic E-state index is 12.1. The van der Waals surface area contributed by atoms with Gasteiger partial charge in [-0.3, -0.25) is 14.9 Å². The number of carbonyl (C=O) groups excluding carboxylic acids is 1. The van der Waals surface area contributed by atoms with Gasteiger partial charge in [0.05, 0.1) is 24.4 Å². The molecule has 1 heterocycles. The first-order valence-corrected chi connectivity index (χ1v) is 8.97. The summed E-state index contributed by atoms with van der Waals surface area (Å²) in [7, 11) is 1.38. The maximum absolute atomic E-state index is 12.1. The van der Waals surface area contributed by atoms with Gasteiger partial charge in [-0.15, -0.1) is 0 Å². The van der Waals surface area contributed by atoms with Crippen LogP contribution in [0.25, 0.3) is 0 Å². The van der Waals surface area contributed by atoms with Gasteiger partial charge < -0.3 is 25.1 Å². The number of hydrogen-bond donors (Lipinski definition) is 3. The molecule has 3 N–H and O–H groups in total. The summed E-state index contributed by atoms with van der Waals surface area (Å²) in [6.07, 6.45) is 0.0363. The van der Waals surface area contributed by atoms with Gasteiger partial charge in [0.2, 0.25) is 3.79 Å². The number of nitro groups is 1. The third-order valence-electron chi connectivity index (χ3n) is 3.27. The predicted molar refractivity (Wildman–Crippen MR) is 109 cm³/mol. The fraction of sp³-hybridized carbons (Fsp3) is 0.200. The second-order valence-corrected chi connectivity index (χ2v) is 7.94. The quantitative estimate of drug-likeness (QED) is 0.194. The molecule has 0 saturated heterocycles. The molecule has 28 heavy (non-hydrogen) atoms. The molecule has 1 aromatic heterocycles. The Kier molecular flexibility index (Phi) is 7.30. The van der Waals surface area contributed by atoms with Gasteiger partial charge in [0.15, 0.2) is 10.9 Å². The van der Waals surface area contributed by atoms with Crippen molar-refractivity contribution < 1.29 is 18.9 Å². The fourth-order valence-electron chi connectivity index (χ4n) is 1.99. The average Bonchev–Trinajstić information content (AvgIpc) is 3.15. The molecule has 13 heteroatoms. The van der Waals surface area contributed by atoms with Crippen molar-refractivity contribution >= 4 is 69.4 Å². The minimum atomic E-state index is -2.00. The smallest absolute Gasteiger partial charge is 0.296 e. The summed E-state index contributed by atoms with van der Waals surface area (Å²) < 4.78 is 7.93. The van der Waals surface area contributed by atoms with Crippen molar-refractivity contribution in [1.29, 1.82) is 0 Å². The Hall–Kier alpha value is -2.27. The monoisotopic (exact) mass is 466 g/mol. The van der Waals surface area contributed by atoms with E-state index in [1.54, 1.807) is 0 Å². The van der Waals surface area contributed by atoms with Crippen molar-refractivity contribution in [3.63, 3.8) is 0 Å². The van der Waals surface area contributed by atoms with E-state index in [4.69, 9.17) is 56.2 Å². The van der Waals surface area contributed by atoms with Crippen molar-refractivity contribution in [2.45, 2.75) is 9.96 Å². The summed E-state index contributed by atoms with van der Waals surface area (Å²) in [6.45, 7) is 0. The van der Waals surface area contributed by atoms with E-state index in [2.05, 4.69) is 16.0 Å². The molecule has 1 amide bonds. The largest absolute Gasteiger partial charge is 0.496 e. The number of amides is 1. The van der Waals surface area contributed by atoms with Crippen LogP contribution in [0.4, 0.5) is 11.4 Å². The van der Waals surface area contributed by atoms with Crippen LogP contribution in [0.2, 0.25) is 0 Å². The number of halogens is 3. The third kappa shape index (κ3) is 5.86. The molecule has 0 spiro atoms. The summed E-state index contributed by atoms with van der Waals surface area (Å²) in [6, 6.07) is 7.06. The standard InChI is InChI=1S/C15H13Cl3N4O5S/c1-26-8-4-5-9(10(7-8)22(24)25)19-14(28)21-13(15(16,17)18)20-12(23)11-3-2-6-27-11/h2-7,13H,1H3,(H,20,23)(H2,19,21,28). The number of benzene rings is 1. The Morgan fingerprint density at radius 3 is 2.57 bits per heavy atom. The van der Waals surface area contributed by atoms with Crippen LogP contribution in [-0.2, 0) is 0 Å². The zero-order valence-electron chi connectivity index (χ0n) is 14.1. The van der Waals surface area contributed by atoms with Crippen molar-refractivity contribution in [1.82, 2.24) is 10.6 Å². The minimum Gasteiger partial charge on any atom is -0.496 e. The average molecular weight is 468 g/mol. The summed E-state index contributed by atoms with van der Waals surface area (Å²) >= 11 is 22.8. The number of nitrogens with one attached hydrogen (secondary N) is 3. The normalized spacial score (nSPS) is 12.0. The molecule has 2 rings (SSSR count). The van der Waals surface area contributed by atoms with Gasteiger partial charge in [0, 0.05) is 0 Å².